The summed E-state index contributed by atoms with van der Waals surface area (Å²) in [6.45, 7) is 3.73. The molecule has 2 N–H and O–H groups in total. The number of carbonyl (C=O) groups is 1. The van der Waals surface area contributed by atoms with E-state index in [4.69, 9.17) is 10.5 Å². The lowest BCUT2D eigenvalue weighted by molar-refractivity contribution is -0.384. The molecule has 1 aromatic heterocycles. The van der Waals surface area contributed by atoms with Gasteiger partial charge in [-0.25, -0.2) is 4.79 Å². The van der Waals surface area contributed by atoms with E-state index in [0.717, 1.165) is 16.9 Å². The van der Waals surface area contributed by atoms with Gasteiger partial charge in [-0.3, -0.25) is 10.1 Å². The molecule has 0 fully saturated rings. The van der Waals surface area contributed by atoms with E-state index in [-0.39, 0.29) is 22.9 Å². The predicted octanol–water partition coefficient (Wildman–Crippen LogP) is 3.39. The number of carbonyl (C=O) groups excluding carboxylic acids is 1. The summed E-state index contributed by atoms with van der Waals surface area (Å²) in [6, 6.07) is 6.41. The third-order valence-electron chi connectivity index (χ3n) is 2.92. The largest absolute Gasteiger partial charge is 0.462 e. The first-order valence-corrected chi connectivity index (χ1v) is 7.08. The van der Waals surface area contributed by atoms with Crippen LogP contribution in [0.1, 0.15) is 22.2 Å². The van der Waals surface area contributed by atoms with Crippen LogP contribution in [0.4, 0.5) is 11.4 Å². The fourth-order valence-corrected chi connectivity index (χ4v) is 3.10. The molecule has 0 radical (unpaired) electrons. The van der Waals surface area contributed by atoms with E-state index in [0.29, 0.717) is 10.4 Å². The van der Waals surface area contributed by atoms with Crippen molar-refractivity contribution in [1.82, 2.24) is 0 Å². The summed E-state index contributed by atoms with van der Waals surface area (Å²) in [5.41, 5.74) is 7.32. The number of ether oxygens (including phenoxy) is 1. The summed E-state index contributed by atoms with van der Waals surface area (Å²) in [7, 11) is 0. The van der Waals surface area contributed by atoms with Crippen LogP contribution in [0.2, 0.25) is 0 Å². The summed E-state index contributed by atoms with van der Waals surface area (Å²) in [5, 5.41) is 11.2. The number of hydrogen-bond donors (Lipinski definition) is 1. The van der Waals surface area contributed by atoms with Gasteiger partial charge < -0.3 is 10.5 Å². The lowest BCUT2D eigenvalue weighted by Gasteiger charge is -2.04. The van der Waals surface area contributed by atoms with E-state index in [1.807, 2.05) is 0 Å². The van der Waals surface area contributed by atoms with Crippen molar-refractivity contribution in [2.75, 3.05) is 12.3 Å². The van der Waals surface area contributed by atoms with Gasteiger partial charge in [-0.2, -0.15) is 0 Å². The second kappa shape index (κ2) is 5.92. The maximum atomic E-state index is 11.8. The summed E-state index contributed by atoms with van der Waals surface area (Å²) in [6.07, 6.45) is 0. The van der Waals surface area contributed by atoms with Crippen molar-refractivity contribution in [3.05, 3.63) is 44.8 Å². The minimum atomic E-state index is -0.512. The van der Waals surface area contributed by atoms with Gasteiger partial charge in [-0.1, -0.05) is 12.1 Å². The third-order valence-corrected chi connectivity index (χ3v) is 4.06. The molecule has 0 bridgehead atoms. The van der Waals surface area contributed by atoms with E-state index in [2.05, 4.69) is 0 Å². The van der Waals surface area contributed by atoms with E-state index in [9.17, 15) is 14.9 Å². The Kier molecular flexibility index (Phi) is 4.23. The quantitative estimate of drug-likeness (QED) is 0.530. The van der Waals surface area contributed by atoms with Crippen LogP contribution in [-0.2, 0) is 4.74 Å². The fraction of sp³-hybridized carbons (Fsp3) is 0.214. The molecule has 0 aliphatic carbocycles. The van der Waals surface area contributed by atoms with Crippen LogP contribution in [-0.4, -0.2) is 17.5 Å². The van der Waals surface area contributed by atoms with E-state index in [1.54, 1.807) is 32.0 Å². The topological polar surface area (TPSA) is 95.5 Å². The van der Waals surface area contributed by atoms with Crippen molar-refractivity contribution < 1.29 is 14.5 Å². The Morgan fingerprint density at radius 1 is 1.48 bits per heavy atom. The van der Waals surface area contributed by atoms with Gasteiger partial charge in [0.2, 0.25) is 0 Å². The molecule has 7 heteroatoms. The van der Waals surface area contributed by atoms with Crippen molar-refractivity contribution >= 4 is 28.7 Å². The standard InChI is InChI=1S/C14H14N2O4S/c1-3-20-14(17)13-9(15)7-11(21-13)12-8(2)5-4-6-10(12)16(18)19/h4-7H,3,15H2,1-2H3. The molecule has 6 nitrogen and oxygen atoms in total. The average molecular weight is 306 g/mol. The summed E-state index contributed by atoms with van der Waals surface area (Å²) >= 11 is 1.10. The number of nitrogens with two attached hydrogens (primary N) is 1. The minimum absolute atomic E-state index is 0.00772. The molecule has 0 atom stereocenters. The van der Waals surface area contributed by atoms with Crippen LogP contribution in [0, 0.1) is 17.0 Å². The van der Waals surface area contributed by atoms with Crippen LogP contribution >= 0.6 is 11.3 Å². The molecule has 0 aliphatic heterocycles. The molecule has 0 saturated carbocycles. The maximum Gasteiger partial charge on any atom is 0.350 e. The molecule has 1 aromatic carbocycles. The van der Waals surface area contributed by atoms with Crippen LogP contribution in [0.15, 0.2) is 24.3 Å². The predicted molar refractivity (Wildman–Crippen MR) is 81.5 cm³/mol. The number of benzene rings is 1. The average Bonchev–Trinajstić information content (AvgIpc) is 2.80. The number of anilines is 1. The van der Waals surface area contributed by atoms with Crippen molar-refractivity contribution in [3.63, 3.8) is 0 Å². The smallest absolute Gasteiger partial charge is 0.350 e. The molecule has 2 rings (SSSR count). The number of nitro benzene ring substituents is 1. The number of aryl methyl sites for hydroxylation is 1. The highest BCUT2D eigenvalue weighted by atomic mass is 32.1. The highest BCUT2D eigenvalue weighted by molar-refractivity contribution is 7.18. The zero-order valence-electron chi connectivity index (χ0n) is 11.6. The normalized spacial score (nSPS) is 10.4. The molecular formula is C14H14N2O4S. The fourth-order valence-electron chi connectivity index (χ4n) is 2.01. The molecule has 2 aromatic rings. The highest BCUT2D eigenvalue weighted by Crippen LogP contribution is 2.40. The molecule has 0 spiro atoms. The second-order valence-electron chi connectivity index (χ2n) is 4.34. The van der Waals surface area contributed by atoms with E-state index >= 15 is 0 Å². The van der Waals surface area contributed by atoms with Gasteiger partial charge in [0.25, 0.3) is 5.69 Å². The zero-order chi connectivity index (χ0) is 15.6. The molecule has 0 saturated heterocycles. The first-order chi connectivity index (χ1) is 9.95. The number of nitrogen functional groups attached to an aromatic ring is 1. The number of hydrogen-bond acceptors (Lipinski definition) is 6. The lowest BCUT2D eigenvalue weighted by atomic mass is 10.1. The van der Waals surface area contributed by atoms with Crippen LogP contribution < -0.4 is 5.73 Å². The van der Waals surface area contributed by atoms with Crippen LogP contribution in [0.25, 0.3) is 10.4 Å². The lowest BCUT2D eigenvalue weighted by Crippen LogP contribution is -2.04. The van der Waals surface area contributed by atoms with Gasteiger partial charge in [-0.05, 0) is 25.5 Å². The first-order valence-electron chi connectivity index (χ1n) is 6.26. The molecule has 21 heavy (non-hydrogen) atoms. The monoisotopic (exact) mass is 306 g/mol. The zero-order valence-corrected chi connectivity index (χ0v) is 12.4. The van der Waals surface area contributed by atoms with Crippen molar-refractivity contribution in [2.24, 2.45) is 0 Å². The van der Waals surface area contributed by atoms with E-state index < -0.39 is 10.9 Å². The molecular weight excluding hydrogens is 292 g/mol. The Hall–Kier alpha value is -2.41. The maximum absolute atomic E-state index is 11.8. The second-order valence-corrected chi connectivity index (χ2v) is 5.39. The SMILES string of the molecule is CCOC(=O)c1sc(-c2c(C)cccc2[N+](=O)[O-])cc1N. The first kappa shape index (κ1) is 15.0. The number of esters is 1. The Balaban J connectivity index is 2.56. The van der Waals surface area contributed by atoms with Crippen molar-refractivity contribution in [1.29, 1.82) is 0 Å². The number of nitrogens with zero attached hydrogens (tertiary/aromatic N) is 1. The van der Waals surface area contributed by atoms with E-state index in [1.165, 1.54) is 6.07 Å². The van der Waals surface area contributed by atoms with Crippen molar-refractivity contribution in [3.8, 4) is 10.4 Å². The summed E-state index contributed by atoms with van der Waals surface area (Å²) in [5.74, 6) is -0.512. The molecule has 0 amide bonds. The summed E-state index contributed by atoms with van der Waals surface area (Å²) in [4.78, 5) is 23.4. The number of thiophene rings is 1. The Morgan fingerprint density at radius 3 is 2.81 bits per heavy atom. The van der Waals surface area contributed by atoms with Gasteiger partial charge >= 0.3 is 5.97 Å². The van der Waals surface area contributed by atoms with Gasteiger partial charge in [0.05, 0.1) is 22.8 Å². The minimum Gasteiger partial charge on any atom is -0.462 e. The van der Waals surface area contributed by atoms with Gasteiger partial charge in [0, 0.05) is 10.9 Å². The van der Waals surface area contributed by atoms with Gasteiger partial charge in [-0.15, -0.1) is 11.3 Å². The molecule has 1 heterocycles. The summed E-state index contributed by atoms with van der Waals surface area (Å²) < 4.78 is 4.92. The Bertz CT molecular complexity index is 709. The highest BCUT2D eigenvalue weighted by Gasteiger charge is 2.22. The Labute approximate surface area is 125 Å². The van der Waals surface area contributed by atoms with Crippen LogP contribution in [0.5, 0.6) is 0 Å². The Morgan fingerprint density at radius 2 is 2.19 bits per heavy atom. The number of nitro groups is 1. The molecule has 0 unspecified atom stereocenters. The van der Waals surface area contributed by atoms with Crippen LogP contribution in [0.3, 0.4) is 0 Å². The molecule has 0 aliphatic rings. The van der Waals surface area contributed by atoms with Gasteiger partial charge in [0.1, 0.15) is 4.88 Å². The molecule has 110 valence electrons. The van der Waals surface area contributed by atoms with Crippen molar-refractivity contribution in [2.45, 2.75) is 13.8 Å². The van der Waals surface area contributed by atoms with Gasteiger partial charge in [0.15, 0.2) is 0 Å². The number of rotatable bonds is 4. The third kappa shape index (κ3) is 2.87.